The van der Waals surface area contributed by atoms with E-state index < -0.39 is 0 Å². The van der Waals surface area contributed by atoms with Gasteiger partial charge < -0.3 is 19.0 Å². The third-order valence-electron chi connectivity index (χ3n) is 4.75. The predicted molar refractivity (Wildman–Crippen MR) is 89.3 cm³/mol. The number of likely N-dealkylation sites (tertiary alicyclic amines) is 1. The Hall–Kier alpha value is -2.41. The van der Waals surface area contributed by atoms with Gasteiger partial charge in [0.1, 0.15) is 29.6 Å². The molecule has 7 heteroatoms. The van der Waals surface area contributed by atoms with Gasteiger partial charge in [0.2, 0.25) is 0 Å². The van der Waals surface area contributed by atoms with Crippen LogP contribution in [0.5, 0.6) is 0 Å². The van der Waals surface area contributed by atoms with Crippen molar-refractivity contribution in [2.24, 2.45) is 0 Å². The predicted octanol–water partition coefficient (Wildman–Crippen LogP) is 2.36. The number of nitrogens with one attached hydrogen (secondary N) is 1. The Bertz CT molecular complexity index is 837. The van der Waals surface area contributed by atoms with E-state index in [-0.39, 0.29) is 29.1 Å². The van der Waals surface area contributed by atoms with Gasteiger partial charge in [0.25, 0.3) is 11.5 Å². The van der Waals surface area contributed by atoms with Crippen molar-refractivity contribution in [3.8, 4) is 0 Å². The molecule has 1 saturated carbocycles. The van der Waals surface area contributed by atoms with Crippen LogP contribution in [-0.4, -0.2) is 34.4 Å². The highest BCUT2D eigenvalue weighted by Crippen LogP contribution is 2.38. The quantitative estimate of drug-likeness (QED) is 0.900. The Morgan fingerprint density at radius 1 is 1.40 bits per heavy atom. The summed E-state index contributed by atoms with van der Waals surface area (Å²) in [7, 11) is 1.61. The molecule has 1 aliphatic heterocycles. The largest absolute Gasteiger partial charge is 0.461 e. The summed E-state index contributed by atoms with van der Waals surface area (Å²) in [4.78, 5) is 33.8. The molecule has 7 nitrogen and oxygen atoms in total. The SMILES string of the molecule is COCc1ccc(C2CCCN2C(=O)c2cc(=O)[nH]c(C3CC3)n2)o1. The Kier molecular flexibility index (Phi) is 4.17. The average Bonchev–Trinajstić information content (AvgIpc) is 3.16. The maximum Gasteiger partial charge on any atom is 0.273 e. The van der Waals surface area contributed by atoms with E-state index in [1.54, 1.807) is 12.0 Å². The molecule has 2 fully saturated rings. The zero-order valence-corrected chi connectivity index (χ0v) is 14.2. The Morgan fingerprint density at radius 3 is 3.00 bits per heavy atom. The third-order valence-corrected chi connectivity index (χ3v) is 4.75. The number of rotatable bonds is 5. The van der Waals surface area contributed by atoms with Crippen LogP contribution in [0.1, 0.15) is 65.5 Å². The van der Waals surface area contributed by atoms with Crippen molar-refractivity contribution >= 4 is 5.91 Å². The van der Waals surface area contributed by atoms with Gasteiger partial charge in [-0.15, -0.1) is 0 Å². The number of hydrogen-bond donors (Lipinski definition) is 1. The lowest BCUT2D eigenvalue weighted by atomic mass is 10.1. The highest BCUT2D eigenvalue weighted by Gasteiger charge is 2.34. The minimum atomic E-state index is -0.267. The molecule has 2 aliphatic rings. The molecule has 1 saturated heterocycles. The molecule has 1 amide bonds. The van der Waals surface area contributed by atoms with Crippen LogP contribution in [0.2, 0.25) is 0 Å². The molecule has 0 aromatic carbocycles. The second kappa shape index (κ2) is 6.48. The maximum absolute atomic E-state index is 13.0. The molecule has 1 N–H and O–H groups in total. The minimum Gasteiger partial charge on any atom is -0.461 e. The molecule has 3 heterocycles. The lowest BCUT2D eigenvalue weighted by Gasteiger charge is -2.22. The summed E-state index contributed by atoms with van der Waals surface area (Å²) in [6, 6.07) is 4.94. The van der Waals surface area contributed by atoms with Gasteiger partial charge in [0.05, 0.1) is 6.04 Å². The number of carbonyl (C=O) groups is 1. The first-order valence-corrected chi connectivity index (χ1v) is 8.65. The van der Waals surface area contributed by atoms with Crippen molar-refractivity contribution in [3.05, 3.63) is 51.6 Å². The molecular formula is C18H21N3O4. The molecule has 0 bridgehead atoms. The minimum absolute atomic E-state index is 0.122. The first-order chi connectivity index (χ1) is 12.2. The third kappa shape index (κ3) is 3.24. The number of carbonyl (C=O) groups excluding carboxylic acids is 1. The summed E-state index contributed by atoms with van der Waals surface area (Å²) in [5.74, 6) is 2.20. The molecule has 2 aromatic rings. The van der Waals surface area contributed by atoms with Crippen molar-refractivity contribution in [1.82, 2.24) is 14.9 Å². The summed E-state index contributed by atoms with van der Waals surface area (Å²) in [6.07, 6.45) is 3.77. The van der Waals surface area contributed by atoms with Crippen LogP contribution in [-0.2, 0) is 11.3 Å². The van der Waals surface area contributed by atoms with Gasteiger partial charge >= 0.3 is 0 Å². The Labute approximate surface area is 145 Å². The normalized spacial score (nSPS) is 20.2. The number of nitrogens with zero attached hydrogens (tertiary/aromatic N) is 2. The molecular weight excluding hydrogens is 322 g/mol. The highest BCUT2D eigenvalue weighted by molar-refractivity contribution is 5.92. The topological polar surface area (TPSA) is 88.4 Å². The van der Waals surface area contributed by atoms with E-state index >= 15 is 0 Å². The molecule has 1 atom stereocenters. The van der Waals surface area contributed by atoms with Crippen molar-refractivity contribution in [2.45, 2.75) is 44.2 Å². The average molecular weight is 343 g/mol. The van der Waals surface area contributed by atoms with Crippen LogP contribution in [0.15, 0.2) is 27.4 Å². The molecule has 2 aromatic heterocycles. The van der Waals surface area contributed by atoms with Gasteiger partial charge in [-0.25, -0.2) is 4.98 Å². The number of H-pyrrole nitrogens is 1. The van der Waals surface area contributed by atoms with Gasteiger partial charge in [-0.3, -0.25) is 9.59 Å². The van der Waals surface area contributed by atoms with Crippen molar-refractivity contribution in [3.63, 3.8) is 0 Å². The van der Waals surface area contributed by atoms with Crippen molar-refractivity contribution < 1.29 is 13.9 Å². The summed E-state index contributed by atoms with van der Waals surface area (Å²) in [6.45, 7) is 1.04. The smallest absolute Gasteiger partial charge is 0.273 e. The Balaban J connectivity index is 1.59. The van der Waals surface area contributed by atoms with Crippen LogP contribution in [0.3, 0.4) is 0 Å². The monoisotopic (exact) mass is 343 g/mol. The zero-order valence-electron chi connectivity index (χ0n) is 14.2. The van der Waals surface area contributed by atoms with Crippen LogP contribution >= 0.6 is 0 Å². The van der Waals surface area contributed by atoms with E-state index in [0.29, 0.717) is 19.0 Å². The van der Waals surface area contributed by atoms with Crippen LogP contribution in [0, 0.1) is 0 Å². The van der Waals surface area contributed by atoms with E-state index in [0.717, 1.165) is 37.2 Å². The van der Waals surface area contributed by atoms with E-state index in [4.69, 9.17) is 9.15 Å². The molecule has 4 rings (SSSR count). The van der Waals surface area contributed by atoms with Gasteiger partial charge in [-0.05, 0) is 37.8 Å². The molecule has 132 valence electrons. The lowest BCUT2D eigenvalue weighted by molar-refractivity contribution is 0.0709. The summed E-state index contributed by atoms with van der Waals surface area (Å²) < 4.78 is 10.9. The summed E-state index contributed by atoms with van der Waals surface area (Å²) >= 11 is 0. The summed E-state index contributed by atoms with van der Waals surface area (Å²) in [5.41, 5.74) is -0.0439. The molecule has 0 radical (unpaired) electrons. The number of furan rings is 1. The molecule has 1 aliphatic carbocycles. The second-order valence-electron chi connectivity index (χ2n) is 6.68. The first kappa shape index (κ1) is 16.1. The number of methoxy groups -OCH3 is 1. The molecule has 25 heavy (non-hydrogen) atoms. The fraction of sp³-hybridized carbons (Fsp3) is 0.500. The van der Waals surface area contributed by atoms with Crippen molar-refractivity contribution in [2.75, 3.05) is 13.7 Å². The van der Waals surface area contributed by atoms with Gasteiger partial charge in [-0.1, -0.05) is 0 Å². The molecule has 1 unspecified atom stereocenters. The zero-order chi connectivity index (χ0) is 17.4. The van der Waals surface area contributed by atoms with E-state index in [1.165, 1.54) is 6.07 Å². The number of aromatic nitrogens is 2. The number of ether oxygens (including phenoxy) is 1. The maximum atomic E-state index is 13.0. The fourth-order valence-corrected chi connectivity index (χ4v) is 3.38. The molecule has 0 spiro atoms. The number of hydrogen-bond acceptors (Lipinski definition) is 5. The van der Waals surface area contributed by atoms with Crippen LogP contribution < -0.4 is 5.56 Å². The van der Waals surface area contributed by atoms with Gasteiger partial charge in [0.15, 0.2) is 0 Å². The first-order valence-electron chi connectivity index (χ1n) is 8.65. The second-order valence-corrected chi connectivity index (χ2v) is 6.68. The fourth-order valence-electron chi connectivity index (χ4n) is 3.38. The number of amides is 1. The van der Waals surface area contributed by atoms with Gasteiger partial charge in [0, 0.05) is 25.6 Å². The standard InChI is InChI=1S/C18H21N3O4/c1-24-10-12-6-7-15(25-12)14-3-2-8-21(14)18(23)13-9-16(22)20-17(19-13)11-4-5-11/h6-7,9,11,14H,2-5,8,10H2,1H3,(H,19,20,22). The van der Waals surface area contributed by atoms with Crippen LogP contribution in [0.4, 0.5) is 0 Å². The van der Waals surface area contributed by atoms with E-state index in [2.05, 4.69) is 9.97 Å². The summed E-state index contributed by atoms with van der Waals surface area (Å²) in [5, 5.41) is 0. The van der Waals surface area contributed by atoms with E-state index in [9.17, 15) is 9.59 Å². The van der Waals surface area contributed by atoms with Crippen molar-refractivity contribution in [1.29, 1.82) is 0 Å². The van der Waals surface area contributed by atoms with E-state index in [1.807, 2.05) is 12.1 Å². The number of aromatic amines is 1. The van der Waals surface area contributed by atoms with Crippen LogP contribution in [0.25, 0.3) is 0 Å². The Morgan fingerprint density at radius 2 is 2.24 bits per heavy atom. The van der Waals surface area contributed by atoms with Gasteiger partial charge in [-0.2, -0.15) is 0 Å². The lowest BCUT2D eigenvalue weighted by Crippen LogP contribution is -2.32. The highest BCUT2D eigenvalue weighted by atomic mass is 16.5.